The van der Waals surface area contributed by atoms with E-state index in [9.17, 15) is 5.11 Å². The Morgan fingerprint density at radius 1 is 1.32 bits per heavy atom. The molecule has 0 bridgehead atoms. The van der Waals surface area contributed by atoms with E-state index in [1.54, 1.807) is 11.0 Å². The maximum Gasteiger partial charge on any atom is 0.157 e. The van der Waals surface area contributed by atoms with Gasteiger partial charge < -0.3 is 14.6 Å². The monoisotopic (exact) mass is 407 g/mol. The van der Waals surface area contributed by atoms with Crippen LogP contribution in [0.5, 0.6) is 0 Å². The van der Waals surface area contributed by atoms with Crippen LogP contribution in [0.1, 0.15) is 25.8 Å². The Bertz CT molecular complexity index is 721. The molecule has 25 heavy (non-hydrogen) atoms. The average Bonchev–Trinajstić information content (AvgIpc) is 3.16. The number of halogens is 1. The first kappa shape index (κ1) is 18.1. The first-order valence-corrected chi connectivity index (χ1v) is 9.06. The molecule has 0 atom stereocenters. The highest BCUT2D eigenvalue weighted by Gasteiger charge is 2.38. The van der Waals surface area contributed by atoms with E-state index >= 15 is 0 Å². The summed E-state index contributed by atoms with van der Waals surface area (Å²) >= 11 is 3.44. The fourth-order valence-electron chi connectivity index (χ4n) is 2.78. The first-order valence-electron chi connectivity index (χ1n) is 8.27. The van der Waals surface area contributed by atoms with Crippen molar-refractivity contribution in [2.75, 3.05) is 13.2 Å². The minimum Gasteiger partial charge on any atom is -0.510 e. The van der Waals surface area contributed by atoms with Gasteiger partial charge in [-0.1, -0.05) is 35.0 Å². The van der Waals surface area contributed by atoms with E-state index in [0.717, 1.165) is 16.5 Å². The lowest BCUT2D eigenvalue weighted by atomic mass is 9.87. The van der Waals surface area contributed by atoms with Gasteiger partial charge in [0.2, 0.25) is 0 Å². The number of hydrogen-bond donors (Lipinski definition) is 1. The van der Waals surface area contributed by atoms with Gasteiger partial charge in [0, 0.05) is 10.9 Å². The lowest BCUT2D eigenvalue weighted by Crippen LogP contribution is -2.41. The van der Waals surface area contributed by atoms with Crippen LogP contribution in [-0.2, 0) is 15.9 Å². The minimum absolute atomic E-state index is 0.206. The first-order chi connectivity index (χ1) is 12.0. The summed E-state index contributed by atoms with van der Waals surface area (Å²) in [7, 11) is 0. The van der Waals surface area contributed by atoms with Gasteiger partial charge in [0.15, 0.2) is 6.29 Å². The van der Waals surface area contributed by atoms with E-state index < -0.39 is 5.41 Å². The molecule has 0 spiro atoms. The number of hydrogen-bond acceptors (Lipinski definition) is 5. The molecule has 6 nitrogen and oxygen atoms in total. The third kappa shape index (κ3) is 4.11. The van der Waals surface area contributed by atoms with Gasteiger partial charge in [0.1, 0.15) is 18.4 Å². The second kappa shape index (κ2) is 7.68. The number of aliphatic hydroxyl groups excluding tert-OH is 1. The molecule has 2 aromatic rings. The summed E-state index contributed by atoms with van der Waals surface area (Å²) in [6, 6.07) is 7.98. The molecule has 134 valence electrons. The fraction of sp³-hybridized carbons (Fsp3) is 0.444. The van der Waals surface area contributed by atoms with E-state index in [0.29, 0.717) is 25.3 Å². The molecule has 2 heterocycles. The van der Waals surface area contributed by atoms with Crippen LogP contribution in [-0.4, -0.2) is 39.4 Å². The van der Waals surface area contributed by atoms with Crippen molar-refractivity contribution in [2.24, 2.45) is 5.41 Å². The van der Waals surface area contributed by atoms with E-state index in [-0.39, 0.29) is 12.0 Å². The summed E-state index contributed by atoms with van der Waals surface area (Å²) in [5.41, 5.74) is 1.11. The summed E-state index contributed by atoms with van der Waals surface area (Å²) in [5.74, 6) is 0.218. The standard InChI is InChI=1S/C18H22BrN3O3/c1-3-16-24-9-18(2,10-25-16)17(23)15(22-12-20-11-21-22)8-13-4-6-14(19)7-5-13/h4-7,11-12,16,23H,3,8-10H2,1-2H3. The van der Waals surface area contributed by atoms with Crippen molar-refractivity contribution in [2.45, 2.75) is 33.0 Å². The molecule has 3 rings (SSSR count). The average molecular weight is 408 g/mol. The molecule has 0 amide bonds. The molecule has 0 unspecified atom stereocenters. The highest BCUT2D eigenvalue weighted by atomic mass is 79.9. The molecule has 1 saturated heterocycles. The van der Waals surface area contributed by atoms with Gasteiger partial charge in [-0.3, -0.25) is 0 Å². The zero-order chi connectivity index (χ0) is 17.9. The summed E-state index contributed by atoms with van der Waals surface area (Å²) in [6.07, 6.45) is 4.15. The molecule has 0 aliphatic carbocycles. The predicted octanol–water partition coefficient (Wildman–Crippen LogP) is 3.80. The van der Waals surface area contributed by atoms with Crippen LogP contribution < -0.4 is 0 Å². The van der Waals surface area contributed by atoms with Crippen molar-refractivity contribution < 1.29 is 14.6 Å². The Morgan fingerprint density at radius 3 is 2.56 bits per heavy atom. The van der Waals surface area contributed by atoms with Crippen LogP contribution in [0.4, 0.5) is 0 Å². The number of rotatable bonds is 5. The quantitative estimate of drug-likeness (QED) is 0.763. The lowest BCUT2D eigenvalue weighted by molar-refractivity contribution is -0.222. The molecule has 7 heteroatoms. The maximum atomic E-state index is 11.1. The van der Waals surface area contributed by atoms with Crippen LogP contribution >= 0.6 is 15.9 Å². The largest absolute Gasteiger partial charge is 0.510 e. The number of aliphatic hydroxyl groups is 1. The SMILES string of the molecule is CCC1OCC(C)(C(O)=C(Cc2ccc(Br)cc2)n2cncn2)CO1. The second-order valence-electron chi connectivity index (χ2n) is 6.46. The molecule has 0 radical (unpaired) electrons. The minimum atomic E-state index is -0.623. The molecule has 1 aliphatic rings. The van der Waals surface area contributed by atoms with Gasteiger partial charge in [-0.25, -0.2) is 9.67 Å². The van der Waals surface area contributed by atoms with Crippen LogP contribution in [0, 0.1) is 5.41 Å². The Balaban J connectivity index is 1.92. The van der Waals surface area contributed by atoms with Gasteiger partial charge in [-0.05, 0) is 31.0 Å². The number of benzene rings is 1. The van der Waals surface area contributed by atoms with Crippen LogP contribution in [0.3, 0.4) is 0 Å². The lowest BCUT2D eigenvalue weighted by Gasteiger charge is -2.37. The maximum absolute atomic E-state index is 11.1. The van der Waals surface area contributed by atoms with Crippen LogP contribution in [0.15, 0.2) is 47.2 Å². The molecule has 1 aliphatic heterocycles. The molecule has 1 aromatic carbocycles. The molecular weight excluding hydrogens is 386 g/mol. The predicted molar refractivity (Wildman–Crippen MR) is 97.8 cm³/mol. The van der Waals surface area contributed by atoms with E-state index in [1.807, 2.05) is 38.1 Å². The van der Waals surface area contributed by atoms with Gasteiger partial charge in [-0.15, -0.1) is 0 Å². The van der Waals surface area contributed by atoms with Gasteiger partial charge in [-0.2, -0.15) is 5.10 Å². The summed E-state index contributed by atoms with van der Waals surface area (Å²) in [6.45, 7) is 4.75. The molecule has 1 fully saturated rings. The molecule has 1 N–H and O–H groups in total. The number of allylic oxidation sites excluding steroid dienone is 1. The highest BCUT2D eigenvalue weighted by molar-refractivity contribution is 9.10. The number of ether oxygens (including phenoxy) is 2. The smallest absolute Gasteiger partial charge is 0.157 e. The van der Waals surface area contributed by atoms with E-state index in [2.05, 4.69) is 26.0 Å². The number of aromatic nitrogens is 3. The van der Waals surface area contributed by atoms with Gasteiger partial charge in [0.25, 0.3) is 0 Å². The van der Waals surface area contributed by atoms with Gasteiger partial charge in [0.05, 0.1) is 24.3 Å². The van der Waals surface area contributed by atoms with Gasteiger partial charge >= 0.3 is 0 Å². The Labute approximate surface area is 155 Å². The number of nitrogens with zero attached hydrogens (tertiary/aromatic N) is 3. The summed E-state index contributed by atoms with van der Waals surface area (Å²) in [4.78, 5) is 4.01. The zero-order valence-corrected chi connectivity index (χ0v) is 15.9. The Kier molecular flexibility index (Phi) is 5.56. The molecule has 0 saturated carbocycles. The topological polar surface area (TPSA) is 69.4 Å². The normalized spacial score (nSPS) is 24.8. The third-order valence-corrected chi connectivity index (χ3v) is 4.86. The fourth-order valence-corrected chi connectivity index (χ4v) is 3.05. The summed E-state index contributed by atoms with van der Waals surface area (Å²) < 4.78 is 14.1. The second-order valence-corrected chi connectivity index (χ2v) is 7.37. The van der Waals surface area contributed by atoms with Crippen LogP contribution in [0.25, 0.3) is 5.70 Å². The Morgan fingerprint density at radius 2 is 2.00 bits per heavy atom. The van der Waals surface area contributed by atoms with E-state index in [1.165, 1.54) is 6.33 Å². The molecule has 1 aromatic heterocycles. The van der Waals surface area contributed by atoms with E-state index in [4.69, 9.17) is 9.47 Å². The van der Waals surface area contributed by atoms with Crippen LogP contribution in [0.2, 0.25) is 0 Å². The van der Waals surface area contributed by atoms with Crippen molar-refractivity contribution >= 4 is 21.6 Å². The summed E-state index contributed by atoms with van der Waals surface area (Å²) in [5, 5.41) is 15.3. The van der Waals surface area contributed by atoms with Crippen molar-refractivity contribution in [1.82, 2.24) is 14.8 Å². The zero-order valence-electron chi connectivity index (χ0n) is 14.4. The third-order valence-electron chi connectivity index (χ3n) is 4.33. The molecular formula is C18H22BrN3O3. The van der Waals surface area contributed by atoms with Crippen molar-refractivity contribution in [3.63, 3.8) is 0 Å². The highest BCUT2D eigenvalue weighted by Crippen LogP contribution is 2.35. The van der Waals surface area contributed by atoms with Crippen molar-refractivity contribution in [1.29, 1.82) is 0 Å². The van der Waals surface area contributed by atoms with Crippen molar-refractivity contribution in [3.8, 4) is 0 Å². The Hall–Kier alpha value is -1.70. The van der Waals surface area contributed by atoms with Crippen molar-refractivity contribution in [3.05, 3.63) is 52.7 Å².